The molecule has 0 fully saturated rings. The molecule has 0 aliphatic heterocycles. The van der Waals surface area contributed by atoms with Crippen LogP contribution in [0.3, 0.4) is 0 Å². The van der Waals surface area contributed by atoms with Gasteiger partial charge < -0.3 is 21.1 Å². The summed E-state index contributed by atoms with van der Waals surface area (Å²) in [7, 11) is 0. The van der Waals surface area contributed by atoms with E-state index in [1.165, 1.54) is 0 Å². The highest BCUT2D eigenvalue weighted by atomic mass is 16.4. The predicted octanol–water partition coefficient (Wildman–Crippen LogP) is 0.318. The molecular weight excluding hydrogens is 300 g/mol. The Morgan fingerprint density at radius 2 is 1.83 bits per heavy atom. The van der Waals surface area contributed by atoms with Crippen LogP contribution >= 0.6 is 0 Å². The van der Waals surface area contributed by atoms with Gasteiger partial charge in [-0.2, -0.15) is 0 Å². The summed E-state index contributed by atoms with van der Waals surface area (Å²) in [5, 5.41) is 34.9. The zero-order valence-electron chi connectivity index (χ0n) is 13.5. The normalized spacial score (nSPS) is 11.8. The molecule has 0 bridgehead atoms. The van der Waals surface area contributed by atoms with Gasteiger partial charge in [0.1, 0.15) is 0 Å². The van der Waals surface area contributed by atoms with Crippen molar-refractivity contribution >= 4 is 5.97 Å². The second kappa shape index (κ2) is 10.3. The third kappa shape index (κ3) is 8.06. The van der Waals surface area contributed by atoms with Gasteiger partial charge in [0.15, 0.2) is 0 Å². The lowest BCUT2D eigenvalue weighted by atomic mass is 9.96. The fourth-order valence-electron chi connectivity index (χ4n) is 2.23. The third-order valence-electron chi connectivity index (χ3n) is 3.87. The van der Waals surface area contributed by atoms with Crippen molar-refractivity contribution in [1.82, 2.24) is 15.0 Å². The van der Waals surface area contributed by atoms with Crippen LogP contribution in [0.1, 0.15) is 50.6 Å². The highest BCUT2D eigenvalue weighted by Crippen LogP contribution is 2.10. The van der Waals surface area contributed by atoms with Gasteiger partial charge in [-0.3, -0.25) is 9.48 Å². The zero-order chi connectivity index (χ0) is 17.1. The molecule has 1 aromatic heterocycles. The zero-order valence-corrected chi connectivity index (χ0v) is 13.5. The molecule has 0 unspecified atom stereocenters. The first kappa shape index (κ1) is 19.5. The number of aromatic nitrogens is 3. The van der Waals surface area contributed by atoms with Crippen molar-refractivity contribution in [3.63, 3.8) is 0 Å². The van der Waals surface area contributed by atoms with Crippen molar-refractivity contribution in [3.05, 3.63) is 11.9 Å². The molecule has 0 aliphatic carbocycles. The van der Waals surface area contributed by atoms with Crippen LogP contribution in [0.4, 0.5) is 0 Å². The van der Waals surface area contributed by atoms with Crippen LogP contribution < -0.4 is 5.73 Å². The molecular formula is C15H28N4O4. The van der Waals surface area contributed by atoms with Crippen molar-refractivity contribution < 1.29 is 20.1 Å². The maximum Gasteiger partial charge on any atom is 0.303 e. The molecule has 5 N–H and O–H groups in total. The number of aliphatic hydroxyl groups excluding tert-OH is 2. The molecule has 0 saturated carbocycles. The van der Waals surface area contributed by atoms with Crippen molar-refractivity contribution in [3.8, 4) is 0 Å². The Hall–Kier alpha value is -1.51. The number of hydrogen-bond acceptors (Lipinski definition) is 6. The Morgan fingerprint density at radius 3 is 2.48 bits per heavy atom. The summed E-state index contributed by atoms with van der Waals surface area (Å²) in [5.41, 5.74) is 5.64. The number of carbonyl (C=O) groups is 1. The molecule has 1 aromatic rings. The van der Waals surface area contributed by atoms with Gasteiger partial charge in [0.25, 0.3) is 0 Å². The summed E-state index contributed by atoms with van der Waals surface area (Å²) in [4.78, 5) is 10.4. The summed E-state index contributed by atoms with van der Waals surface area (Å²) >= 11 is 0. The first-order valence-electron chi connectivity index (χ1n) is 8.10. The quantitative estimate of drug-likeness (QED) is 0.383. The number of hydrogen-bond donors (Lipinski definition) is 4. The summed E-state index contributed by atoms with van der Waals surface area (Å²) in [6.45, 7) is 0.249. The van der Waals surface area contributed by atoms with E-state index < -0.39 is 11.5 Å². The maximum absolute atomic E-state index is 10.4. The molecule has 132 valence electrons. The fraction of sp³-hybridized carbons (Fsp3) is 0.800. The summed E-state index contributed by atoms with van der Waals surface area (Å²) in [6.07, 6.45) is 7.83. The number of carboxylic acids is 1. The largest absolute Gasteiger partial charge is 0.481 e. The van der Waals surface area contributed by atoms with E-state index in [4.69, 9.17) is 21.1 Å². The van der Waals surface area contributed by atoms with Crippen LogP contribution in [0, 0.1) is 0 Å². The van der Waals surface area contributed by atoms with Gasteiger partial charge in [0.05, 0.1) is 24.4 Å². The van der Waals surface area contributed by atoms with E-state index in [0.717, 1.165) is 44.3 Å². The van der Waals surface area contributed by atoms with Gasteiger partial charge in [0.2, 0.25) is 0 Å². The van der Waals surface area contributed by atoms with Crippen molar-refractivity contribution in [2.24, 2.45) is 5.73 Å². The van der Waals surface area contributed by atoms with Crippen molar-refractivity contribution in [2.45, 2.75) is 63.5 Å². The summed E-state index contributed by atoms with van der Waals surface area (Å²) in [6, 6.07) is 0. The molecule has 0 atom stereocenters. The van der Waals surface area contributed by atoms with Crippen LogP contribution in [-0.4, -0.2) is 55.0 Å². The van der Waals surface area contributed by atoms with E-state index in [-0.39, 0.29) is 19.6 Å². The molecule has 1 rings (SSSR count). The fourth-order valence-corrected chi connectivity index (χ4v) is 2.23. The first-order valence-corrected chi connectivity index (χ1v) is 8.10. The van der Waals surface area contributed by atoms with Gasteiger partial charge in [-0.25, -0.2) is 0 Å². The Bertz CT molecular complexity index is 460. The Kier molecular flexibility index (Phi) is 8.75. The smallest absolute Gasteiger partial charge is 0.303 e. The number of aliphatic carboxylic acids is 1. The molecule has 0 amide bonds. The van der Waals surface area contributed by atoms with E-state index in [9.17, 15) is 4.79 Å². The van der Waals surface area contributed by atoms with E-state index >= 15 is 0 Å². The molecule has 8 nitrogen and oxygen atoms in total. The first-order chi connectivity index (χ1) is 11.0. The van der Waals surface area contributed by atoms with Gasteiger partial charge in [0, 0.05) is 19.2 Å². The monoisotopic (exact) mass is 328 g/mol. The second-order valence-electron chi connectivity index (χ2n) is 6.06. The van der Waals surface area contributed by atoms with Crippen LogP contribution in [0.5, 0.6) is 0 Å². The standard InChI is InChI=1S/C15H28N4O4/c16-15(11-20,12-21)8-7-13-10-19(18-17-13)9-5-3-1-2-4-6-14(22)23/h10,20-21H,1-9,11-12,16H2,(H,22,23). The minimum atomic E-state index is -0.972. The van der Waals surface area contributed by atoms with Gasteiger partial charge in [-0.15, -0.1) is 5.10 Å². The third-order valence-corrected chi connectivity index (χ3v) is 3.87. The van der Waals surface area contributed by atoms with E-state index in [1.54, 1.807) is 4.68 Å². The van der Waals surface area contributed by atoms with Crippen LogP contribution in [0.2, 0.25) is 0 Å². The van der Waals surface area contributed by atoms with Crippen molar-refractivity contribution in [2.75, 3.05) is 13.2 Å². The lowest BCUT2D eigenvalue weighted by Gasteiger charge is -2.23. The summed E-state index contributed by atoms with van der Waals surface area (Å²) in [5.74, 6) is -0.732. The predicted molar refractivity (Wildman–Crippen MR) is 84.8 cm³/mol. The summed E-state index contributed by atoms with van der Waals surface area (Å²) < 4.78 is 1.78. The Labute approximate surface area is 136 Å². The molecule has 0 spiro atoms. The molecule has 0 radical (unpaired) electrons. The highest BCUT2D eigenvalue weighted by Gasteiger charge is 2.23. The van der Waals surface area contributed by atoms with Crippen molar-refractivity contribution in [1.29, 1.82) is 0 Å². The second-order valence-corrected chi connectivity index (χ2v) is 6.06. The average molecular weight is 328 g/mol. The van der Waals surface area contributed by atoms with Crippen LogP contribution in [0.15, 0.2) is 6.20 Å². The number of nitrogens with two attached hydrogens (primary N) is 1. The topological polar surface area (TPSA) is 134 Å². The van der Waals surface area contributed by atoms with Gasteiger partial charge >= 0.3 is 5.97 Å². The van der Waals surface area contributed by atoms with Crippen LogP contribution in [-0.2, 0) is 17.8 Å². The lowest BCUT2D eigenvalue weighted by molar-refractivity contribution is -0.137. The highest BCUT2D eigenvalue weighted by molar-refractivity contribution is 5.66. The van der Waals surface area contributed by atoms with Gasteiger partial charge in [-0.1, -0.05) is 24.5 Å². The maximum atomic E-state index is 10.4. The van der Waals surface area contributed by atoms with Gasteiger partial charge in [-0.05, 0) is 25.7 Å². The number of aliphatic hydroxyl groups is 2. The molecule has 23 heavy (non-hydrogen) atoms. The van der Waals surface area contributed by atoms with Crippen LogP contribution in [0.25, 0.3) is 0 Å². The molecule has 1 heterocycles. The van der Waals surface area contributed by atoms with E-state index in [1.807, 2.05) is 6.20 Å². The van der Waals surface area contributed by atoms with E-state index in [2.05, 4.69) is 10.3 Å². The number of unbranched alkanes of at least 4 members (excludes halogenated alkanes) is 4. The lowest BCUT2D eigenvalue weighted by Crippen LogP contribution is -2.47. The average Bonchev–Trinajstić information content (AvgIpc) is 2.99. The minimum absolute atomic E-state index is 0.247. The number of aryl methyl sites for hydroxylation is 2. The number of carboxylic acid groups (broad SMARTS) is 1. The molecule has 0 aromatic carbocycles. The molecule has 0 saturated heterocycles. The number of nitrogens with zero attached hydrogens (tertiary/aromatic N) is 3. The Morgan fingerprint density at radius 1 is 1.17 bits per heavy atom. The Balaban J connectivity index is 2.17. The van der Waals surface area contributed by atoms with E-state index in [0.29, 0.717) is 12.8 Å². The number of rotatable bonds is 13. The molecule has 8 heteroatoms. The molecule has 0 aliphatic rings. The minimum Gasteiger partial charge on any atom is -0.481 e. The SMILES string of the molecule is NC(CO)(CO)CCc1cn(CCCCCCCC(=O)O)nn1.